The van der Waals surface area contributed by atoms with Crippen molar-refractivity contribution in [3.63, 3.8) is 0 Å². The third kappa shape index (κ3) is 7.04. The molecule has 1 aromatic rings. The third-order valence-electron chi connectivity index (χ3n) is 4.05. The largest absolute Gasteiger partial charge is 0.493 e. The van der Waals surface area contributed by atoms with E-state index in [4.69, 9.17) is 9.47 Å². The monoisotopic (exact) mass is 321 g/mol. The highest BCUT2D eigenvalue weighted by Crippen LogP contribution is 2.28. The Hall–Kier alpha value is -1.55. The third-order valence-corrected chi connectivity index (χ3v) is 4.05. The fourth-order valence-electron chi connectivity index (χ4n) is 2.58. The van der Waals surface area contributed by atoms with Crippen LogP contribution in [-0.2, 0) is 11.2 Å². The molecule has 130 valence electrons. The van der Waals surface area contributed by atoms with E-state index >= 15 is 0 Å². The van der Waals surface area contributed by atoms with E-state index in [2.05, 4.69) is 18.7 Å². The van der Waals surface area contributed by atoms with Crippen molar-refractivity contribution >= 4 is 5.78 Å². The molecule has 1 rings (SSSR count). The smallest absolute Gasteiger partial charge is 0.161 e. The van der Waals surface area contributed by atoms with E-state index in [1.807, 2.05) is 25.1 Å². The number of Topliss-reactive ketones (excluding diaryl/α,β-unsaturated/α-hetero) is 1. The van der Waals surface area contributed by atoms with Crippen molar-refractivity contribution < 1.29 is 14.3 Å². The molecule has 0 saturated heterocycles. The van der Waals surface area contributed by atoms with Crippen LogP contribution in [0.25, 0.3) is 0 Å². The molecule has 0 aromatic heterocycles. The zero-order chi connectivity index (χ0) is 17.1. The van der Waals surface area contributed by atoms with Gasteiger partial charge in [0, 0.05) is 19.4 Å². The summed E-state index contributed by atoms with van der Waals surface area (Å²) in [5, 5.41) is 0. The van der Waals surface area contributed by atoms with Crippen LogP contribution in [0.4, 0.5) is 0 Å². The van der Waals surface area contributed by atoms with Crippen molar-refractivity contribution in [1.82, 2.24) is 4.90 Å². The van der Waals surface area contributed by atoms with Crippen molar-refractivity contribution in [2.24, 2.45) is 0 Å². The Morgan fingerprint density at radius 3 is 2.43 bits per heavy atom. The summed E-state index contributed by atoms with van der Waals surface area (Å²) in [6, 6.07) is 6.00. The van der Waals surface area contributed by atoms with Gasteiger partial charge in [0.15, 0.2) is 11.5 Å². The van der Waals surface area contributed by atoms with Gasteiger partial charge in [0.2, 0.25) is 0 Å². The molecule has 4 heteroatoms. The van der Waals surface area contributed by atoms with Gasteiger partial charge >= 0.3 is 0 Å². The molecule has 0 unspecified atom stereocenters. The second-order valence-corrected chi connectivity index (χ2v) is 5.59. The maximum atomic E-state index is 12.0. The molecular formula is C19H31NO3. The van der Waals surface area contributed by atoms with Crippen molar-refractivity contribution in [2.45, 2.75) is 46.5 Å². The van der Waals surface area contributed by atoms with Gasteiger partial charge in [-0.15, -0.1) is 0 Å². The number of benzene rings is 1. The average Bonchev–Trinajstić information content (AvgIpc) is 2.57. The highest BCUT2D eigenvalue weighted by atomic mass is 16.5. The zero-order valence-electron chi connectivity index (χ0n) is 15.1. The Kier molecular flexibility index (Phi) is 9.37. The molecule has 0 saturated carbocycles. The summed E-state index contributed by atoms with van der Waals surface area (Å²) in [5.41, 5.74) is 1.18. The number of methoxy groups -OCH3 is 1. The predicted molar refractivity (Wildman–Crippen MR) is 94.5 cm³/mol. The van der Waals surface area contributed by atoms with Gasteiger partial charge in [0.25, 0.3) is 0 Å². The zero-order valence-corrected chi connectivity index (χ0v) is 15.1. The molecule has 0 N–H and O–H groups in total. The fourth-order valence-corrected chi connectivity index (χ4v) is 2.58. The lowest BCUT2D eigenvalue weighted by atomic mass is 10.0. The second-order valence-electron chi connectivity index (χ2n) is 5.59. The van der Waals surface area contributed by atoms with Gasteiger partial charge in [-0.05, 0) is 50.6 Å². The van der Waals surface area contributed by atoms with Crippen LogP contribution in [0.2, 0.25) is 0 Å². The lowest BCUT2D eigenvalue weighted by molar-refractivity contribution is -0.119. The number of aryl methyl sites for hydroxylation is 1. The molecule has 0 fully saturated rings. The van der Waals surface area contributed by atoms with Crippen LogP contribution >= 0.6 is 0 Å². The Labute approximate surface area is 140 Å². The quantitative estimate of drug-likeness (QED) is 0.588. The standard InChI is InChI=1S/C19H31NO3/c1-5-20(6-2)14-13-17(21)10-8-9-16-11-12-18(23-7-3)19(15-16)22-4/h11-12,15H,5-10,13-14H2,1-4H3. The SMILES string of the molecule is CCOc1ccc(CCCC(=O)CCN(CC)CC)cc1OC. The van der Waals surface area contributed by atoms with Gasteiger partial charge in [0.05, 0.1) is 13.7 Å². The van der Waals surface area contributed by atoms with Gasteiger partial charge in [-0.3, -0.25) is 4.79 Å². The molecule has 1 aromatic carbocycles. The predicted octanol–water partition coefficient (Wildman–Crippen LogP) is 3.72. The topological polar surface area (TPSA) is 38.8 Å². The summed E-state index contributed by atoms with van der Waals surface area (Å²) in [5.74, 6) is 1.89. The molecule has 0 atom stereocenters. The number of ketones is 1. The van der Waals surface area contributed by atoms with E-state index in [-0.39, 0.29) is 0 Å². The summed E-state index contributed by atoms with van der Waals surface area (Å²) in [7, 11) is 1.65. The Bertz CT molecular complexity index is 470. The Balaban J connectivity index is 2.39. The minimum absolute atomic E-state index is 0.356. The normalized spacial score (nSPS) is 10.8. The summed E-state index contributed by atoms with van der Waals surface area (Å²) in [6.45, 7) is 9.74. The van der Waals surface area contributed by atoms with E-state index in [0.717, 1.165) is 44.0 Å². The van der Waals surface area contributed by atoms with Crippen molar-refractivity contribution in [1.29, 1.82) is 0 Å². The van der Waals surface area contributed by atoms with Crippen molar-refractivity contribution in [2.75, 3.05) is 33.4 Å². The highest BCUT2D eigenvalue weighted by molar-refractivity contribution is 5.78. The van der Waals surface area contributed by atoms with E-state index in [0.29, 0.717) is 25.2 Å². The van der Waals surface area contributed by atoms with Gasteiger partial charge < -0.3 is 14.4 Å². The number of rotatable bonds is 12. The minimum Gasteiger partial charge on any atom is -0.493 e. The van der Waals surface area contributed by atoms with Gasteiger partial charge in [0.1, 0.15) is 5.78 Å². The number of hydrogen-bond donors (Lipinski definition) is 0. The number of carbonyl (C=O) groups excluding carboxylic acids is 1. The maximum absolute atomic E-state index is 12.0. The average molecular weight is 321 g/mol. The van der Waals surface area contributed by atoms with Crippen LogP contribution in [0.1, 0.15) is 45.6 Å². The fraction of sp³-hybridized carbons (Fsp3) is 0.632. The first kappa shape index (κ1) is 19.5. The van der Waals surface area contributed by atoms with Crippen LogP contribution in [0.5, 0.6) is 11.5 Å². The number of nitrogens with zero attached hydrogens (tertiary/aromatic N) is 1. The molecule has 0 aliphatic heterocycles. The van der Waals surface area contributed by atoms with Gasteiger partial charge in [-0.25, -0.2) is 0 Å². The molecule has 0 aliphatic rings. The summed E-state index contributed by atoms with van der Waals surface area (Å²) in [4.78, 5) is 14.2. The first-order valence-corrected chi connectivity index (χ1v) is 8.68. The molecule has 0 spiro atoms. The lowest BCUT2D eigenvalue weighted by Crippen LogP contribution is -2.25. The van der Waals surface area contributed by atoms with Crippen LogP contribution in [0, 0.1) is 0 Å². The van der Waals surface area contributed by atoms with Gasteiger partial charge in [-0.2, -0.15) is 0 Å². The highest BCUT2D eigenvalue weighted by Gasteiger charge is 2.08. The molecule has 4 nitrogen and oxygen atoms in total. The molecule has 0 aliphatic carbocycles. The number of ether oxygens (including phenoxy) is 2. The van der Waals surface area contributed by atoms with E-state index in [1.54, 1.807) is 7.11 Å². The minimum atomic E-state index is 0.356. The van der Waals surface area contributed by atoms with Crippen LogP contribution in [0.3, 0.4) is 0 Å². The van der Waals surface area contributed by atoms with Crippen LogP contribution < -0.4 is 9.47 Å². The molecule has 0 amide bonds. The van der Waals surface area contributed by atoms with E-state index in [9.17, 15) is 4.79 Å². The second kappa shape index (κ2) is 11.1. The van der Waals surface area contributed by atoms with Crippen LogP contribution in [0.15, 0.2) is 18.2 Å². The van der Waals surface area contributed by atoms with E-state index < -0.39 is 0 Å². The first-order chi connectivity index (χ1) is 11.1. The Morgan fingerprint density at radius 1 is 1.09 bits per heavy atom. The number of hydrogen-bond acceptors (Lipinski definition) is 4. The van der Waals surface area contributed by atoms with Crippen molar-refractivity contribution in [3.8, 4) is 11.5 Å². The maximum Gasteiger partial charge on any atom is 0.161 e. The summed E-state index contributed by atoms with van der Waals surface area (Å²) < 4.78 is 10.9. The first-order valence-electron chi connectivity index (χ1n) is 8.68. The van der Waals surface area contributed by atoms with Crippen LogP contribution in [-0.4, -0.2) is 44.0 Å². The number of carbonyl (C=O) groups is 1. The van der Waals surface area contributed by atoms with E-state index in [1.165, 1.54) is 5.56 Å². The molecule has 0 heterocycles. The summed E-state index contributed by atoms with van der Waals surface area (Å²) in [6.07, 6.45) is 3.08. The molecule has 0 radical (unpaired) electrons. The Morgan fingerprint density at radius 2 is 1.83 bits per heavy atom. The molecular weight excluding hydrogens is 290 g/mol. The molecule has 0 bridgehead atoms. The summed E-state index contributed by atoms with van der Waals surface area (Å²) >= 11 is 0. The lowest BCUT2D eigenvalue weighted by Gasteiger charge is -2.17. The molecule has 23 heavy (non-hydrogen) atoms. The van der Waals surface area contributed by atoms with Crippen molar-refractivity contribution in [3.05, 3.63) is 23.8 Å². The van der Waals surface area contributed by atoms with Gasteiger partial charge in [-0.1, -0.05) is 19.9 Å².